The molecule has 116 valence electrons. The molecule has 1 atom stereocenters. The van der Waals surface area contributed by atoms with Crippen molar-refractivity contribution < 1.29 is 19.6 Å². The van der Waals surface area contributed by atoms with Crippen molar-refractivity contribution in [3.8, 4) is 5.75 Å². The molecular formula is C13H18N2O5S. The van der Waals surface area contributed by atoms with Gasteiger partial charge >= 0.3 is 0 Å². The van der Waals surface area contributed by atoms with Crippen molar-refractivity contribution in [1.82, 2.24) is 5.32 Å². The van der Waals surface area contributed by atoms with E-state index in [-0.39, 0.29) is 23.5 Å². The maximum Gasteiger partial charge on any atom is 0.285 e. The molecule has 8 heteroatoms. The van der Waals surface area contributed by atoms with Crippen LogP contribution < -0.4 is 10.1 Å². The second-order valence-electron chi connectivity index (χ2n) is 4.72. The van der Waals surface area contributed by atoms with Crippen LogP contribution in [-0.4, -0.2) is 47.2 Å². The van der Waals surface area contributed by atoms with Gasteiger partial charge in [-0.2, -0.15) is 11.8 Å². The third-order valence-corrected chi connectivity index (χ3v) is 3.64. The van der Waals surface area contributed by atoms with Gasteiger partial charge in [0.1, 0.15) is 5.75 Å². The summed E-state index contributed by atoms with van der Waals surface area (Å²) in [6.45, 7) is 1.57. The van der Waals surface area contributed by atoms with Crippen LogP contribution in [0.1, 0.15) is 17.3 Å². The summed E-state index contributed by atoms with van der Waals surface area (Å²) in [5, 5.41) is 23.5. The van der Waals surface area contributed by atoms with Crippen molar-refractivity contribution in [3.63, 3.8) is 0 Å². The quantitative estimate of drug-likeness (QED) is 0.583. The summed E-state index contributed by atoms with van der Waals surface area (Å²) in [5.74, 6) is -0.104. The maximum atomic E-state index is 12.2. The number of aliphatic hydroxyl groups is 1. The molecule has 0 heterocycles. The first-order valence-electron chi connectivity index (χ1n) is 6.13. The Hall–Kier alpha value is -1.80. The fraction of sp³-hybridized carbons (Fsp3) is 0.462. The molecule has 2 N–H and O–H groups in total. The minimum atomic E-state index is -1.09. The number of nitro groups is 1. The molecule has 21 heavy (non-hydrogen) atoms. The van der Waals surface area contributed by atoms with E-state index in [1.54, 1.807) is 6.92 Å². The zero-order valence-corrected chi connectivity index (χ0v) is 12.9. The second kappa shape index (κ2) is 7.28. The van der Waals surface area contributed by atoms with E-state index < -0.39 is 16.4 Å². The summed E-state index contributed by atoms with van der Waals surface area (Å²) in [7, 11) is 1.33. The molecule has 1 aromatic carbocycles. The van der Waals surface area contributed by atoms with Crippen LogP contribution in [0.15, 0.2) is 18.2 Å². The monoisotopic (exact) mass is 314 g/mol. The van der Waals surface area contributed by atoms with Crippen LogP contribution in [0.2, 0.25) is 0 Å². The number of nitrogens with one attached hydrogen (secondary N) is 1. The fourth-order valence-corrected chi connectivity index (χ4v) is 2.52. The van der Waals surface area contributed by atoms with Gasteiger partial charge in [-0.05, 0) is 19.2 Å². The smallest absolute Gasteiger partial charge is 0.285 e. The molecule has 0 aliphatic carbocycles. The van der Waals surface area contributed by atoms with Gasteiger partial charge in [-0.25, -0.2) is 0 Å². The Labute approximate surface area is 126 Å². The van der Waals surface area contributed by atoms with Gasteiger partial charge in [-0.1, -0.05) is 6.07 Å². The van der Waals surface area contributed by atoms with Gasteiger partial charge in [-0.3, -0.25) is 14.9 Å². The van der Waals surface area contributed by atoms with Crippen LogP contribution in [-0.2, 0) is 0 Å². The maximum absolute atomic E-state index is 12.2. The van der Waals surface area contributed by atoms with Crippen LogP contribution in [0.4, 0.5) is 5.69 Å². The summed E-state index contributed by atoms with van der Waals surface area (Å²) in [6.07, 6.45) is 1.83. The Balaban J connectivity index is 2.99. The van der Waals surface area contributed by atoms with Crippen molar-refractivity contribution >= 4 is 23.4 Å². The highest BCUT2D eigenvalue weighted by Gasteiger charge is 2.27. The van der Waals surface area contributed by atoms with Crippen molar-refractivity contribution in [2.75, 3.05) is 25.7 Å². The highest BCUT2D eigenvalue weighted by molar-refractivity contribution is 7.98. The number of ether oxygens (including phenoxy) is 1. The summed E-state index contributed by atoms with van der Waals surface area (Å²) in [6, 6.07) is 4.15. The van der Waals surface area contributed by atoms with Gasteiger partial charge in [0.25, 0.3) is 11.6 Å². The minimum Gasteiger partial charge on any atom is -0.496 e. The van der Waals surface area contributed by atoms with Crippen LogP contribution >= 0.6 is 11.8 Å². The molecule has 1 unspecified atom stereocenters. The van der Waals surface area contributed by atoms with E-state index in [0.29, 0.717) is 5.75 Å². The second-order valence-corrected chi connectivity index (χ2v) is 5.59. The zero-order valence-electron chi connectivity index (χ0n) is 12.1. The molecule has 0 aliphatic rings. The van der Waals surface area contributed by atoms with Crippen molar-refractivity contribution in [2.24, 2.45) is 0 Å². The Morgan fingerprint density at radius 2 is 2.24 bits per heavy atom. The topological polar surface area (TPSA) is 102 Å². The number of benzene rings is 1. The van der Waals surface area contributed by atoms with Gasteiger partial charge in [0.15, 0.2) is 5.56 Å². The third-order valence-electron chi connectivity index (χ3n) is 2.73. The Kier molecular flexibility index (Phi) is 5.98. The van der Waals surface area contributed by atoms with Gasteiger partial charge in [0, 0.05) is 18.4 Å². The van der Waals surface area contributed by atoms with E-state index in [2.05, 4.69) is 5.32 Å². The lowest BCUT2D eigenvalue weighted by Crippen LogP contribution is -2.42. The van der Waals surface area contributed by atoms with Crippen molar-refractivity contribution in [3.05, 3.63) is 33.9 Å². The van der Waals surface area contributed by atoms with E-state index >= 15 is 0 Å². The lowest BCUT2D eigenvalue weighted by molar-refractivity contribution is -0.385. The molecule has 1 amide bonds. The van der Waals surface area contributed by atoms with Gasteiger partial charge < -0.3 is 15.2 Å². The van der Waals surface area contributed by atoms with Crippen LogP contribution in [0.3, 0.4) is 0 Å². The Morgan fingerprint density at radius 1 is 1.57 bits per heavy atom. The van der Waals surface area contributed by atoms with Crippen LogP contribution in [0.25, 0.3) is 0 Å². The number of hydrogen-bond acceptors (Lipinski definition) is 6. The third kappa shape index (κ3) is 4.61. The molecule has 0 radical (unpaired) electrons. The number of hydrogen-bond donors (Lipinski definition) is 2. The number of rotatable bonds is 7. The average Bonchev–Trinajstić information content (AvgIpc) is 2.43. The van der Waals surface area contributed by atoms with E-state index in [1.807, 2.05) is 6.26 Å². The summed E-state index contributed by atoms with van der Waals surface area (Å²) in [4.78, 5) is 22.6. The lowest BCUT2D eigenvalue weighted by Gasteiger charge is -2.22. The Morgan fingerprint density at radius 3 is 2.76 bits per heavy atom. The van der Waals surface area contributed by atoms with Gasteiger partial charge in [0.05, 0.1) is 17.6 Å². The van der Waals surface area contributed by atoms with Gasteiger partial charge in [-0.15, -0.1) is 0 Å². The lowest BCUT2D eigenvalue weighted by atomic mass is 10.1. The molecule has 0 fully saturated rings. The number of amides is 1. The molecule has 1 aromatic rings. The number of carbonyl (C=O) groups is 1. The first-order chi connectivity index (χ1) is 9.82. The largest absolute Gasteiger partial charge is 0.496 e. The number of carbonyl (C=O) groups excluding carboxylic acids is 1. The molecule has 0 aromatic heterocycles. The molecule has 7 nitrogen and oxygen atoms in total. The van der Waals surface area contributed by atoms with Crippen LogP contribution in [0, 0.1) is 10.1 Å². The van der Waals surface area contributed by atoms with E-state index in [0.717, 1.165) is 0 Å². The predicted molar refractivity (Wildman–Crippen MR) is 81.0 cm³/mol. The SMILES string of the molecule is COc1cccc([N+](=O)[O-])c1C(=O)NCC(C)(O)CSC. The predicted octanol–water partition coefficient (Wildman–Crippen LogP) is 1.45. The van der Waals surface area contributed by atoms with E-state index in [9.17, 15) is 20.0 Å². The fourth-order valence-electron chi connectivity index (χ4n) is 1.79. The highest BCUT2D eigenvalue weighted by atomic mass is 32.2. The number of nitro benzene ring substituents is 1. The molecule has 0 saturated heterocycles. The zero-order chi connectivity index (χ0) is 16.0. The number of thioether (sulfide) groups is 1. The summed E-state index contributed by atoms with van der Waals surface area (Å²) in [5.41, 5.74) is -1.58. The van der Waals surface area contributed by atoms with Gasteiger partial charge in [0.2, 0.25) is 0 Å². The summed E-state index contributed by atoms with van der Waals surface area (Å²) < 4.78 is 5.00. The molecule has 1 rings (SSSR count). The van der Waals surface area contributed by atoms with Crippen molar-refractivity contribution in [2.45, 2.75) is 12.5 Å². The average molecular weight is 314 g/mol. The first-order valence-corrected chi connectivity index (χ1v) is 7.52. The number of nitrogens with zero attached hydrogens (tertiary/aromatic N) is 1. The molecule has 0 aliphatic heterocycles. The number of methoxy groups -OCH3 is 1. The highest BCUT2D eigenvalue weighted by Crippen LogP contribution is 2.28. The van der Waals surface area contributed by atoms with E-state index in [4.69, 9.17) is 4.74 Å². The summed E-state index contributed by atoms with van der Waals surface area (Å²) >= 11 is 1.44. The molecular weight excluding hydrogens is 296 g/mol. The van der Waals surface area contributed by atoms with E-state index in [1.165, 1.54) is 37.1 Å². The molecule has 0 spiro atoms. The first kappa shape index (κ1) is 17.3. The minimum absolute atomic E-state index is 0.0120. The normalized spacial score (nSPS) is 13.3. The standard InChI is InChI=1S/C13H18N2O5S/c1-13(17,8-21-3)7-14-12(16)11-9(15(18)19)5-4-6-10(11)20-2/h4-6,17H,7-8H2,1-3H3,(H,14,16). The van der Waals surface area contributed by atoms with Crippen molar-refractivity contribution in [1.29, 1.82) is 0 Å². The molecule has 0 bridgehead atoms. The molecule has 0 saturated carbocycles. The van der Waals surface area contributed by atoms with Crippen LogP contribution in [0.5, 0.6) is 5.75 Å². The Bertz CT molecular complexity index is 533.